The van der Waals surface area contributed by atoms with Crippen LogP contribution in [0.15, 0.2) is 30.5 Å². The van der Waals surface area contributed by atoms with E-state index < -0.39 is 5.91 Å². The summed E-state index contributed by atoms with van der Waals surface area (Å²) in [5.41, 5.74) is 3.52. The van der Waals surface area contributed by atoms with Crippen LogP contribution in [0.5, 0.6) is 0 Å². The van der Waals surface area contributed by atoms with Crippen molar-refractivity contribution in [2.75, 3.05) is 18.9 Å². The van der Waals surface area contributed by atoms with Crippen LogP contribution in [0.3, 0.4) is 0 Å². The summed E-state index contributed by atoms with van der Waals surface area (Å²) in [7, 11) is 1.54. The summed E-state index contributed by atoms with van der Waals surface area (Å²) in [5.74, 6) is -0.362. The molecule has 2 aromatic heterocycles. The molecule has 0 radical (unpaired) electrons. The smallest absolute Gasteiger partial charge is 0.293 e. The zero-order valence-electron chi connectivity index (χ0n) is 15.1. The molecule has 0 bridgehead atoms. The van der Waals surface area contributed by atoms with Gasteiger partial charge in [-0.1, -0.05) is 18.2 Å². The molecular formula is C18H20N6O2. The highest BCUT2D eigenvalue weighted by Gasteiger charge is 2.21. The number of hydrogen-bond donors (Lipinski definition) is 1. The lowest BCUT2D eigenvalue weighted by atomic mass is 10.1. The van der Waals surface area contributed by atoms with Gasteiger partial charge in [-0.25, -0.2) is 9.50 Å². The van der Waals surface area contributed by atoms with E-state index in [0.29, 0.717) is 5.78 Å². The molecule has 3 rings (SSSR count). The van der Waals surface area contributed by atoms with Crippen LogP contribution < -0.4 is 5.32 Å². The van der Waals surface area contributed by atoms with Gasteiger partial charge < -0.3 is 10.2 Å². The van der Waals surface area contributed by atoms with E-state index in [9.17, 15) is 9.59 Å². The molecule has 26 heavy (non-hydrogen) atoms. The molecule has 8 heteroatoms. The van der Waals surface area contributed by atoms with E-state index in [1.165, 1.54) is 9.42 Å². The first-order valence-electron chi connectivity index (χ1n) is 8.16. The molecule has 2 amide bonds. The zero-order valence-corrected chi connectivity index (χ0v) is 15.1. The van der Waals surface area contributed by atoms with Crippen molar-refractivity contribution in [1.29, 1.82) is 0 Å². The molecule has 0 unspecified atom stereocenters. The van der Waals surface area contributed by atoms with E-state index in [1.54, 1.807) is 19.3 Å². The highest BCUT2D eigenvalue weighted by atomic mass is 16.2. The Balaban J connectivity index is 1.72. The standard InChI is InChI=1S/C18H20N6O2/c1-11-6-5-7-12(2)15(11)20-14(25)10-23(4)17(26)16-21-18-19-9-8-13(3)24(18)22-16/h5-9H,10H2,1-4H3,(H,20,25). The summed E-state index contributed by atoms with van der Waals surface area (Å²) in [6, 6.07) is 7.56. The van der Waals surface area contributed by atoms with Gasteiger partial charge in [0.2, 0.25) is 11.7 Å². The second-order valence-corrected chi connectivity index (χ2v) is 6.21. The number of carbonyl (C=O) groups excluding carboxylic acids is 2. The van der Waals surface area contributed by atoms with Gasteiger partial charge in [-0.3, -0.25) is 9.59 Å². The second kappa shape index (κ2) is 6.91. The third kappa shape index (κ3) is 3.39. The van der Waals surface area contributed by atoms with E-state index >= 15 is 0 Å². The molecule has 8 nitrogen and oxygen atoms in total. The normalized spacial score (nSPS) is 10.8. The van der Waals surface area contributed by atoms with Gasteiger partial charge in [0.15, 0.2) is 0 Å². The van der Waals surface area contributed by atoms with Gasteiger partial charge in [-0.05, 0) is 38.0 Å². The van der Waals surface area contributed by atoms with E-state index in [4.69, 9.17) is 0 Å². The van der Waals surface area contributed by atoms with Crippen molar-refractivity contribution in [3.63, 3.8) is 0 Å². The molecule has 0 aliphatic heterocycles. The SMILES string of the molecule is Cc1cccc(C)c1NC(=O)CN(C)C(=O)c1nc2nccc(C)n2n1. The minimum Gasteiger partial charge on any atom is -0.330 e. The van der Waals surface area contributed by atoms with E-state index in [-0.39, 0.29) is 18.3 Å². The monoisotopic (exact) mass is 352 g/mol. The van der Waals surface area contributed by atoms with Crippen molar-refractivity contribution < 1.29 is 9.59 Å². The first-order chi connectivity index (χ1) is 12.4. The second-order valence-electron chi connectivity index (χ2n) is 6.21. The Morgan fingerprint density at radius 2 is 1.85 bits per heavy atom. The van der Waals surface area contributed by atoms with Crippen molar-refractivity contribution in [1.82, 2.24) is 24.5 Å². The maximum absolute atomic E-state index is 12.5. The molecule has 0 fully saturated rings. The number of anilines is 1. The summed E-state index contributed by atoms with van der Waals surface area (Å²) in [6.07, 6.45) is 1.61. The Morgan fingerprint density at radius 3 is 2.50 bits per heavy atom. The average molecular weight is 352 g/mol. The van der Waals surface area contributed by atoms with Crippen LogP contribution in [-0.2, 0) is 4.79 Å². The number of nitrogens with zero attached hydrogens (tertiary/aromatic N) is 5. The Morgan fingerprint density at radius 1 is 1.15 bits per heavy atom. The van der Waals surface area contributed by atoms with Crippen molar-refractivity contribution >= 4 is 23.3 Å². The van der Waals surface area contributed by atoms with Crippen molar-refractivity contribution in [3.05, 3.63) is 53.1 Å². The Bertz CT molecular complexity index is 974. The number of rotatable bonds is 4. The van der Waals surface area contributed by atoms with Crippen LogP contribution in [0.4, 0.5) is 5.69 Å². The van der Waals surface area contributed by atoms with E-state index in [0.717, 1.165) is 22.5 Å². The van der Waals surface area contributed by atoms with Crippen LogP contribution in [-0.4, -0.2) is 49.9 Å². The lowest BCUT2D eigenvalue weighted by molar-refractivity contribution is -0.116. The van der Waals surface area contributed by atoms with Gasteiger partial charge in [0.25, 0.3) is 11.7 Å². The number of benzene rings is 1. The maximum atomic E-state index is 12.5. The number of aromatic nitrogens is 4. The molecule has 1 N–H and O–H groups in total. The minimum absolute atomic E-state index is 0.00849. The van der Waals surface area contributed by atoms with Crippen LogP contribution in [0.1, 0.15) is 27.4 Å². The van der Waals surface area contributed by atoms with Gasteiger partial charge in [0.05, 0.1) is 6.54 Å². The number of carbonyl (C=O) groups is 2. The summed E-state index contributed by atoms with van der Waals surface area (Å²) in [4.78, 5) is 34.3. The highest BCUT2D eigenvalue weighted by molar-refractivity contribution is 5.98. The Hall–Kier alpha value is -3.29. The van der Waals surface area contributed by atoms with Gasteiger partial charge in [0.1, 0.15) is 0 Å². The molecule has 0 aliphatic rings. The van der Waals surface area contributed by atoms with Crippen molar-refractivity contribution in [2.24, 2.45) is 0 Å². The molecule has 1 aromatic carbocycles. The predicted octanol–water partition coefficient (Wildman–Crippen LogP) is 1.76. The van der Waals surface area contributed by atoms with Crippen LogP contribution >= 0.6 is 0 Å². The first kappa shape index (κ1) is 17.5. The first-order valence-corrected chi connectivity index (χ1v) is 8.16. The number of para-hydroxylation sites is 1. The number of nitrogens with one attached hydrogen (secondary N) is 1. The van der Waals surface area contributed by atoms with Crippen molar-refractivity contribution in [2.45, 2.75) is 20.8 Å². The number of likely N-dealkylation sites (N-methyl/N-ethyl adjacent to an activating group) is 1. The van der Waals surface area contributed by atoms with Gasteiger partial charge in [-0.2, -0.15) is 4.98 Å². The average Bonchev–Trinajstić information content (AvgIpc) is 3.03. The summed E-state index contributed by atoms with van der Waals surface area (Å²) in [5, 5.41) is 7.03. The zero-order chi connectivity index (χ0) is 18.8. The molecule has 2 heterocycles. The fourth-order valence-electron chi connectivity index (χ4n) is 2.65. The summed E-state index contributed by atoms with van der Waals surface area (Å²) < 4.78 is 1.50. The number of amides is 2. The third-order valence-corrected chi connectivity index (χ3v) is 4.09. The highest BCUT2D eigenvalue weighted by Crippen LogP contribution is 2.19. The maximum Gasteiger partial charge on any atom is 0.293 e. The van der Waals surface area contributed by atoms with Crippen LogP contribution in [0.2, 0.25) is 0 Å². The fraction of sp³-hybridized carbons (Fsp3) is 0.278. The lowest BCUT2D eigenvalue weighted by Crippen LogP contribution is -2.35. The number of hydrogen-bond acceptors (Lipinski definition) is 5. The quantitative estimate of drug-likeness (QED) is 0.772. The van der Waals surface area contributed by atoms with E-state index in [1.807, 2.05) is 39.0 Å². The predicted molar refractivity (Wildman–Crippen MR) is 97.0 cm³/mol. The number of aryl methyl sites for hydroxylation is 3. The molecule has 0 atom stereocenters. The molecule has 0 aliphatic carbocycles. The fourth-order valence-corrected chi connectivity index (χ4v) is 2.65. The van der Waals surface area contributed by atoms with Crippen LogP contribution in [0, 0.1) is 20.8 Å². The lowest BCUT2D eigenvalue weighted by Gasteiger charge is -2.16. The van der Waals surface area contributed by atoms with Gasteiger partial charge in [0, 0.05) is 24.6 Å². The topological polar surface area (TPSA) is 92.5 Å². The summed E-state index contributed by atoms with van der Waals surface area (Å²) >= 11 is 0. The summed E-state index contributed by atoms with van der Waals surface area (Å²) in [6.45, 7) is 5.59. The number of fused-ring (bicyclic) bond motifs is 1. The molecular weight excluding hydrogens is 332 g/mol. The Labute approximate surface area is 150 Å². The van der Waals surface area contributed by atoms with Gasteiger partial charge >= 0.3 is 0 Å². The molecule has 0 saturated carbocycles. The Kier molecular flexibility index (Phi) is 4.66. The largest absolute Gasteiger partial charge is 0.330 e. The molecule has 0 saturated heterocycles. The third-order valence-electron chi connectivity index (χ3n) is 4.09. The van der Waals surface area contributed by atoms with Crippen LogP contribution in [0.25, 0.3) is 5.78 Å². The van der Waals surface area contributed by atoms with E-state index in [2.05, 4.69) is 20.4 Å². The van der Waals surface area contributed by atoms with Crippen molar-refractivity contribution in [3.8, 4) is 0 Å². The van der Waals surface area contributed by atoms with Gasteiger partial charge in [-0.15, -0.1) is 5.10 Å². The molecule has 0 spiro atoms. The minimum atomic E-state index is -0.438. The molecule has 134 valence electrons. The molecule has 3 aromatic rings.